The van der Waals surface area contributed by atoms with Crippen LogP contribution in [-0.4, -0.2) is 34.7 Å². The second-order valence-electron chi connectivity index (χ2n) is 4.78. The molecule has 19 heavy (non-hydrogen) atoms. The zero-order chi connectivity index (χ0) is 13.2. The lowest BCUT2D eigenvalue weighted by Crippen LogP contribution is -2.29. The standard InChI is InChI=1S/C15H16ClN3/c1-2-8-19-9-4-5-11(10-19)14-12-6-3-7-13(16)15(12)18-17-14/h2-3,5-7H,1,4,8-10H2,(H,17,18). The summed E-state index contributed by atoms with van der Waals surface area (Å²) in [5, 5.41) is 9.30. The van der Waals surface area contributed by atoms with Crippen molar-refractivity contribution in [3.8, 4) is 0 Å². The summed E-state index contributed by atoms with van der Waals surface area (Å²) < 4.78 is 0. The highest BCUT2D eigenvalue weighted by atomic mass is 35.5. The summed E-state index contributed by atoms with van der Waals surface area (Å²) in [6.07, 6.45) is 5.27. The van der Waals surface area contributed by atoms with Gasteiger partial charge in [-0.3, -0.25) is 10.00 Å². The molecule has 0 unspecified atom stereocenters. The van der Waals surface area contributed by atoms with Crippen LogP contribution in [0.1, 0.15) is 12.1 Å². The first kappa shape index (κ1) is 12.5. The van der Waals surface area contributed by atoms with Crippen LogP contribution in [0.15, 0.2) is 36.9 Å². The minimum absolute atomic E-state index is 0.718. The number of para-hydroxylation sites is 1. The van der Waals surface area contributed by atoms with Gasteiger partial charge in [0.15, 0.2) is 0 Å². The fourth-order valence-electron chi connectivity index (χ4n) is 2.57. The molecule has 0 saturated carbocycles. The molecule has 0 aliphatic carbocycles. The second-order valence-corrected chi connectivity index (χ2v) is 5.18. The van der Waals surface area contributed by atoms with Crippen LogP contribution in [0.4, 0.5) is 0 Å². The quantitative estimate of drug-likeness (QED) is 0.868. The van der Waals surface area contributed by atoms with Crippen LogP contribution in [0, 0.1) is 0 Å². The fraction of sp³-hybridized carbons (Fsp3) is 0.267. The van der Waals surface area contributed by atoms with Crippen molar-refractivity contribution in [3.05, 3.63) is 47.6 Å². The van der Waals surface area contributed by atoms with Crippen LogP contribution in [-0.2, 0) is 0 Å². The number of halogens is 1. The van der Waals surface area contributed by atoms with Gasteiger partial charge in [0.05, 0.1) is 16.2 Å². The number of fused-ring (bicyclic) bond motifs is 1. The van der Waals surface area contributed by atoms with Gasteiger partial charge in [-0.05, 0) is 18.1 Å². The highest BCUT2D eigenvalue weighted by molar-refractivity contribution is 6.35. The molecule has 1 N–H and O–H groups in total. The summed E-state index contributed by atoms with van der Waals surface area (Å²) in [6, 6.07) is 5.91. The third-order valence-corrected chi connectivity index (χ3v) is 3.78. The first-order valence-electron chi connectivity index (χ1n) is 6.45. The predicted octanol–water partition coefficient (Wildman–Crippen LogP) is 3.49. The van der Waals surface area contributed by atoms with E-state index in [-0.39, 0.29) is 0 Å². The molecule has 0 atom stereocenters. The summed E-state index contributed by atoms with van der Waals surface area (Å²) in [4.78, 5) is 2.37. The molecule has 1 aromatic carbocycles. The van der Waals surface area contributed by atoms with E-state index in [0.29, 0.717) is 0 Å². The van der Waals surface area contributed by atoms with Crippen LogP contribution >= 0.6 is 11.6 Å². The number of aromatic nitrogens is 2. The van der Waals surface area contributed by atoms with E-state index in [9.17, 15) is 0 Å². The molecule has 98 valence electrons. The van der Waals surface area contributed by atoms with E-state index in [1.807, 2.05) is 18.2 Å². The average molecular weight is 274 g/mol. The van der Waals surface area contributed by atoms with Gasteiger partial charge in [-0.25, -0.2) is 0 Å². The number of hydrogen-bond acceptors (Lipinski definition) is 2. The van der Waals surface area contributed by atoms with Crippen molar-refractivity contribution in [2.75, 3.05) is 19.6 Å². The van der Waals surface area contributed by atoms with E-state index in [0.717, 1.165) is 47.7 Å². The van der Waals surface area contributed by atoms with Gasteiger partial charge >= 0.3 is 0 Å². The molecule has 1 aliphatic rings. The van der Waals surface area contributed by atoms with Gasteiger partial charge in [0.2, 0.25) is 0 Å². The molecule has 2 aromatic rings. The van der Waals surface area contributed by atoms with Gasteiger partial charge in [-0.2, -0.15) is 5.10 Å². The largest absolute Gasteiger partial charge is 0.295 e. The minimum Gasteiger partial charge on any atom is -0.295 e. The lowest BCUT2D eigenvalue weighted by Gasteiger charge is -2.25. The monoisotopic (exact) mass is 273 g/mol. The Morgan fingerprint density at radius 3 is 3.21 bits per heavy atom. The zero-order valence-corrected chi connectivity index (χ0v) is 11.5. The topological polar surface area (TPSA) is 31.9 Å². The van der Waals surface area contributed by atoms with E-state index in [2.05, 4.69) is 33.8 Å². The molecular weight excluding hydrogens is 258 g/mol. The molecular formula is C15H16ClN3. The van der Waals surface area contributed by atoms with Gasteiger partial charge in [0.1, 0.15) is 0 Å². The van der Waals surface area contributed by atoms with Crippen molar-refractivity contribution >= 4 is 28.1 Å². The summed E-state index contributed by atoms with van der Waals surface area (Å²) in [6.45, 7) is 6.72. The van der Waals surface area contributed by atoms with Gasteiger partial charge in [-0.15, -0.1) is 6.58 Å². The number of benzene rings is 1. The lowest BCUT2D eigenvalue weighted by atomic mass is 10.0. The van der Waals surface area contributed by atoms with Crippen molar-refractivity contribution in [2.24, 2.45) is 0 Å². The van der Waals surface area contributed by atoms with Crippen LogP contribution in [0.25, 0.3) is 16.5 Å². The predicted molar refractivity (Wildman–Crippen MR) is 80.3 cm³/mol. The van der Waals surface area contributed by atoms with Crippen molar-refractivity contribution in [1.82, 2.24) is 15.1 Å². The number of H-pyrrole nitrogens is 1. The Morgan fingerprint density at radius 2 is 2.37 bits per heavy atom. The lowest BCUT2D eigenvalue weighted by molar-refractivity contribution is 0.337. The van der Waals surface area contributed by atoms with Crippen LogP contribution < -0.4 is 0 Å². The maximum atomic E-state index is 6.17. The van der Waals surface area contributed by atoms with Crippen LogP contribution in [0.3, 0.4) is 0 Å². The number of hydrogen-bond donors (Lipinski definition) is 1. The highest BCUT2D eigenvalue weighted by Gasteiger charge is 2.17. The maximum Gasteiger partial charge on any atom is 0.0969 e. The van der Waals surface area contributed by atoms with E-state index in [1.54, 1.807) is 0 Å². The summed E-state index contributed by atoms with van der Waals surface area (Å²) in [7, 11) is 0. The molecule has 0 saturated heterocycles. The van der Waals surface area contributed by atoms with Crippen molar-refractivity contribution < 1.29 is 0 Å². The van der Waals surface area contributed by atoms with Crippen molar-refractivity contribution in [1.29, 1.82) is 0 Å². The molecule has 4 heteroatoms. The molecule has 2 heterocycles. The number of rotatable bonds is 3. The summed E-state index contributed by atoms with van der Waals surface area (Å²) >= 11 is 6.17. The van der Waals surface area contributed by atoms with Gasteiger partial charge in [0, 0.05) is 25.0 Å². The molecule has 0 radical (unpaired) electrons. The number of nitrogens with one attached hydrogen (secondary N) is 1. The smallest absolute Gasteiger partial charge is 0.0969 e. The van der Waals surface area contributed by atoms with Crippen LogP contribution in [0.2, 0.25) is 5.02 Å². The first-order chi connectivity index (χ1) is 9.29. The normalized spacial score (nSPS) is 16.6. The van der Waals surface area contributed by atoms with Gasteiger partial charge in [0.25, 0.3) is 0 Å². The molecule has 0 bridgehead atoms. The van der Waals surface area contributed by atoms with Crippen molar-refractivity contribution in [3.63, 3.8) is 0 Å². The van der Waals surface area contributed by atoms with Crippen LogP contribution in [0.5, 0.6) is 0 Å². The molecule has 0 spiro atoms. The first-order valence-corrected chi connectivity index (χ1v) is 6.82. The second kappa shape index (κ2) is 5.19. The van der Waals surface area contributed by atoms with E-state index in [1.165, 1.54) is 5.57 Å². The summed E-state index contributed by atoms with van der Waals surface area (Å²) in [5.74, 6) is 0. The highest BCUT2D eigenvalue weighted by Crippen LogP contribution is 2.29. The molecule has 3 rings (SSSR count). The fourth-order valence-corrected chi connectivity index (χ4v) is 2.78. The third-order valence-electron chi connectivity index (χ3n) is 3.47. The third kappa shape index (κ3) is 2.31. The van der Waals surface area contributed by atoms with E-state index < -0.39 is 0 Å². The Labute approximate surface area is 117 Å². The average Bonchev–Trinajstić information content (AvgIpc) is 2.85. The Balaban J connectivity index is 1.98. The maximum absolute atomic E-state index is 6.17. The summed E-state index contributed by atoms with van der Waals surface area (Å²) in [5.41, 5.74) is 3.20. The van der Waals surface area contributed by atoms with Gasteiger partial charge < -0.3 is 0 Å². The SMILES string of the molecule is C=CCN1CCC=C(c2n[nH]c3c(Cl)cccc23)C1. The van der Waals surface area contributed by atoms with E-state index in [4.69, 9.17) is 11.6 Å². The minimum atomic E-state index is 0.718. The van der Waals surface area contributed by atoms with Crippen molar-refractivity contribution in [2.45, 2.75) is 6.42 Å². The Kier molecular flexibility index (Phi) is 3.40. The van der Waals surface area contributed by atoms with Gasteiger partial charge in [-0.1, -0.05) is 35.9 Å². The Bertz CT molecular complexity index is 642. The molecule has 0 fully saturated rings. The zero-order valence-electron chi connectivity index (χ0n) is 10.7. The number of nitrogens with zero attached hydrogens (tertiary/aromatic N) is 2. The molecule has 1 aliphatic heterocycles. The molecule has 3 nitrogen and oxygen atoms in total. The Hall–Kier alpha value is -1.58. The molecule has 0 amide bonds. The molecule has 1 aromatic heterocycles. The Morgan fingerprint density at radius 1 is 1.47 bits per heavy atom. The van der Waals surface area contributed by atoms with E-state index >= 15 is 0 Å². The number of aromatic amines is 1.